The number of nitrogens with zero attached hydrogens (tertiary/aromatic N) is 4. The summed E-state index contributed by atoms with van der Waals surface area (Å²) in [5, 5.41) is 3.49. The van der Waals surface area contributed by atoms with Crippen molar-refractivity contribution in [2.45, 2.75) is 38.4 Å². The van der Waals surface area contributed by atoms with Crippen LogP contribution in [-0.2, 0) is 13.6 Å². The summed E-state index contributed by atoms with van der Waals surface area (Å²) in [6, 6.07) is 5.54. The van der Waals surface area contributed by atoms with Crippen molar-refractivity contribution < 1.29 is 0 Å². The van der Waals surface area contributed by atoms with Crippen LogP contribution in [0, 0.1) is 0 Å². The van der Waals surface area contributed by atoms with Crippen LogP contribution in [0.25, 0.3) is 0 Å². The molecule has 0 bridgehead atoms. The molecule has 0 amide bonds. The monoisotopic (exact) mass is 419 g/mol. The highest BCUT2D eigenvalue weighted by molar-refractivity contribution is 14.0. The average molecular weight is 419 g/mol. The predicted molar refractivity (Wildman–Crippen MR) is 104 cm³/mol. The quantitative estimate of drug-likeness (QED) is 0.436. The minimum Gasteiger partial charge on any atom is -0.355 e. The lowest BCUT2D eigenvalue weighted by Gasteiger charge is -2.28. The molecule has 0 spiro atoms. The van der Waals surface area contributed by atoms with Crippen molar-refractivity contribution in [3.05, 3.63) is 24.0 Å². The van der Waals surface area contributed by atoms with Crippen LogP contribution in [0.4, 0.5) is 0 Å². The summed E-state index contributed by atoms with van der Waals surface area (Å²) in [5.74, 6) is 0.951. The largest absolute Gasteiger partial charge is 0.355 e. The second-order valence-corrected chi connectivity index (χ2v) is 6.14. The molecule has 0 aliphatic heterocycles. The van der Waals surface area contributed by atoms with Crippen molar-refractivity contribution in [3.8, 4) is 0 Å². The van der Waals surface area contributed by atoms with E-state index in [1.54, 1.807) is 0 Å². The Labute approximate surface area is 151 Å². The normalized spacial score (nSPS) is 16.4. The lowest BCUT2D eigenvalue weighted by molar-refractivity contribution is 0.246. The number of halogens is 1. The van der Waals surface area contributed by atoms with Crippen LogP contribution in [0.5, 0.6) is 0 Å². The van der Waals surface area contributed by atoms with E-state index in [9.17, 15) is 0 Å². The van der Waals surface area contributed by atoms with Crippen molar-refractivity contribution in [1.82, 2.24) is 19.7 Å². The molecule has 1 fully saturated rings. The third kappa shape index (κ3) is 5.15. The second kappa shape index (κ2) is 8.76. The number of hydrogen-bond donors (Lipinski definition) is 1. The molecule has 0 radical (unpaired) electrons. The molecule has 1 aromatic rings. The molecule has 1 N–H and O–H groups in total. The Hall–Kier alpha value is -0.760. The molecule has 0 aromatic carbocycles. The van der Waals surface area contributed by atoms with Crippen molar-refractivity contribution in [2.24, 2.45) is 12.0 Å². The van der Waals surface area contributed by atoms with Crippen LogP contribution in [0.15, 0.2) is 23.3 Å². The molecule has 1 atom stereocenters. The summed E-state index contributed by atoms with van der Waals surface area (Å²) in [4.78, 5) is 9.03. The zero-order valence-electron chi connectivity index (χ0n) is 14.4. The Morgan fingerprint density at radius 3 is 2.64 bits per heavy atom. The van der Waals surface area contributed by atoms with Gasteiger partial charge in [-0.2, -0.15) is 0 Å². The SMILES string of the molecule is CN=C(NCC(C)N(C)C1CC1)N(C)Cc1cccn1C.I. The van der Waals surface area contributed by atoms with Crippen LogP contribution in [-0.4, -0.2) is 60.1 Å². The van der Waals surface area contributed by atoms with E-state index in [2.05, 4.69) is 71.1 Å². The van der Waals surface area contributed by atoms with E-state index in [0.29, 0.717) is 6.04 Å². The van der Waals surface area contributed by atoms with Gasteiger partial charge in [0.1, 0.15) is 0 Å². The fourth-order valence-electron chi connectivity index (χ4n) is 2.59. The Kier molecular flexibility index (Phi) is 7.68. The van der Waals surface area contributed by atoms with Gasteiger partial charge in [-0.15, -0.1) is 24.0 Å². The predicted octanol–water partition coefficient (Wildman–Crippen LogP) is 2.13. The minimum atomic E-state index is 0. The van der Waals surface area contributed by atoms with Crippen LogP contribution in [0.2, 0.25) is 0 Å². The summed E-state index contributed by atoms with van der Waals surface area (Å²) < 4.78 is 2.15. The first-order chi connectivity index (χ1) is 10.0. The van der Waals surface area contributed by atoms with Crippen molar-refractivity contribution >= 4 is 29.9 Å². The molecular formula is C16H30IN5. The number of aliphatic imine (C=N–C) groups is 1. The summed E-state index contributed by atoms with van der Waals surface area (Å²) in [7, 11) is 8.23. The van der Waals surface area contributed by atoms with Crippen molar-refractivity contribution in [1.29, 1.82) is 0 Å². The van der Waals surface area contributed by atoms with Crippen LogP contribution >= 0.6 is 24.0 Å². The maximum Gasteiger partial charge on any atom is 0.193 e. The lowest BCUT2D eigenvalue weighted by Crippen LogP contribution is -2.45. The minimum absolute atomic E-state index is 0. The van der Waals surface area contributed by atoms with E-state index in [1.807, 2.05) is 7.05 Å². The molecule has 1 unspecified atom stereocenters. The fourth-order valence-corrected chi connectivity index (χ4v) is 2.59. The molecule has 1 aliphatic rings. The first kappa shape index (κ1) is 19.3. The zero-order valence-corrected chi connectivity index (χ0v) is 16.7. The topological polar surface area (TPSA) is 35.8 Å². The molecule has 0 saturated heterocycles. The van der Waals surface area contributed by atoms with E-state index < -0.39 is 0 Å². The van der Waals surface area contributed by atoms with Crippen LogP contribution in [0.1, 0.15) is 25.5 Å². The van der Waals surface area contributed by atoms with Gasteiger partial charge in [-0.05, 0) is 38.9 Å². The van der Waals surface area contributed by atoms with Gasteiger partial charge in [-0.25, -0.2) is 0 Å². The van der Waals surface area contributed by atoms with Gasteiger partial charge in [0, 0.05) is 51.7 Å². The summed E-state index contributed by atoms with van der Waals surface area (Å²) in [5.41, 5.74) is 1.28. The maximum absolute atomic E-state index is 4.39. The summed E-state index contributed by atoms with van der Waals surface area (Å²) in [6.45, 7) is 4.06. The molecule has 6 heteroatoms. The third-order valence-corrected chi connectivity index (χ3v) is 4.40. The van der Waals surface area contributed by atoms with Gasteiger partial charge >= 0.3 is 0 Å². The Balaban J connectivity index is 0.00000242. The van der Waals surface area contributed by atoms with Gasteiger partial charge in [-0.3, -0.25) is 9.89 Å². The third-order valence-electron chi connectivity index (χ3n) is 4.40. The first-order valence-electron chi connectivity index (χ1n) is 7.77. The number of rotatable bonds is 6. The molecule has 22 heavy (non-hydrogen) atoms. The van der Waals surface area contributed by atoms with E-state index in [-0.39, 0.29) is 24.0 Å². The molecular weight excluding hydrogens is 389 g/mol. The Morgan fingerprint density at radius 2 is 2.14 bits per heavy atom. The number of nitrogens with one attached hydrogen (secondary N) is 1. The second-order valence-electron chi connectivity index (χ2n) is 6.14. The first-order valence-corrected chi connectivity index (χ1v) is 7.77. The molecule has 1 saturated carbocycles. The van der Waals surface area contributed by atoms with Gasteiger partial charge in [0.25, 0.3) is 0 Å². The van der Waals surface area contributed by atoms with E-state index in [4.69, 9.17) is 0 Å². The average Bonchev–Trinajstić information content (AvgIpc) is 3.24. The number of hydrogen-bond acceptors (Lipinski definition) is 2. The van der Waals surface area contributed by atoms with E-state index >= 15 is 0 Å². The standard InChI is InChI=1S/C16H29N5.HI/c1-13(21(5)14-8-9-14)11-18-16(17-2)20(4)12-15-7-6-10-19(15)3;/h6-7,10,13-14H,8-9,11-12H2,1-5H3,(H,17,18);1H. The van der Waals surface area contributed by atoms with E-state index in [0.717, 1.165) is 25.1 Å². The number of aryl methyl sites for hydroxylation is 1. The van der Waals surface area contributed by atoms with Crippen LogP contribution in [0.3, 0.4) is 0 Å². The highest BCUT2D eigenvalue weighted by Gasteiger charge is 2.29. The highest BCUT2D eigenvalue weighted by Crippen LogP contribution is 2.26. The maximum atomic E-state index is 4.39. The van der Waals surface area contributed by atoms with Gasteiger partial charge in [0.15, 0.2) is 5.96 Å². The molecule has 1 aromatic heterocycles. The molecule has 1 heterocycles. The van der Waals surface area contributed by atoms with Crippen molar-refractivity contribution in [2.75, 3.05) is 27.7 Å². The van der Waals surface area contributed by atoms with Gasteiger partial charge in [0.05, 0.1) is 6.54 Å². The van der Waals surface area contributed by atoms with E-state index in [1.165, 1.54) is 18.5 Å². The lowest BCUT2D eigenvalue weighted by atomic mass is 10.3. The van der Waals surface area contributed by atoms with Gasteiger partial charge in [-0.1, -0.05) is 0 Å². The molecule has 2 rings (SSSR count). The summed E-state index contributed by atoms with van der Waals surface area (Å²) >= 11 is 0. The number of guanidine groups is 1. The Morgan fingerprint density at radius 1 is 1.45 bits per heavy atom. The zero-order chi connectivity index (χ0) is 15.4. The van der Waals surface area contributed by atoms with Gasteiger partial charge in [0.2, 0.25) is 0 Å². The number of aromatic nitrogens is 1. The number of likely N-dealkylation sites (N-methyl/N-ethyl adjacent to an activating group) is 1. The molecule has 1 aliphatic carbocycles. The van der Waals surface area contributed by atoms with Crippen LogP contribution < -0.4 is 5.32 Å². The molecule has 126 valence electrons. The smallest absolute Gasteiger partial charge is 0.193 e. The highest BCUT2D eigenvalue weighted by atomic mass is 127. The Bertz CT molecular complexity index is 481. The fraction of sp³-hybridized carbons (Fsp3) is 0.688. The van der Waals surface area contributed by atoms with Gasteiger partial charge < -0.3 is 14.8 Å². The summed E-state index contributed by atoms with van der Waals surface area (Å²) in [6.07, 6.45) is 4.78. The van der Waals surface area contributed by atoms with Crippen molar-refractivity contribution in [3.63, 3.8) is 0 Å². The molecule has 5 nitrogen and oxygen atoms in total.